The van der Waals surface area contributed by atoms with Gasteiger partial charge in [-0.15, -0.1) is 24.0 Å². The summed E-state index contributed by atoms with van der Waals surface area (Å²) in [6.07, 6.45) is 1.08. The van der Waals surface area contributed by atoms with Crippen molar-refractivity contribution < 1.29 is 4.74 Å². The van der Waals surface area contributed by atoms with E-state index in [1.807, 2.05) is 17.4 Å². The van der Waals surface area contributed by atoms with Crippen molar-refractivity contribution in [2.24, 2.45) is 0 Å². The fourth-order valence-corrected chi connectivity index (χ4v) is 2.84. The van der Waals surface area contributed by atoms with E-state index >= 15 is 0 Å². The first-order chi connectivity index (χ1) is 6.74. The van der Waals surface area contributed by atoms with Gasteiger partial charge in [-0.2, -0.15) is 0 Å². The third kappa shape index (κ3) is 1.62. The fourth-order valence-electron chi connectivity index (χ4n) is 1.45. The van der Waals surface area contributed by atoms with E-state index in [1.54, 1.807) is 7.11 Å². The maximum absolute atomic E-state index is 5.20. The molecule has 0 aliphatic rings. The Balaban J connectivity index is 2.67. The minimum atomic E-state index is 0.878. The second-order valence-corrected chi connectivity index (χ2v) is 4.75. The summed E-state index contributed by atoms with van der Waals surface area (Å²) in [5.41, 5.74) is 0. The Hall–Kier alpha value is -0.670. The van der Waals surface area contributed by atoms with Crippen molar-refractivity contribution in [2.45, 2.75) is 18.2 Å². The van der Waals surface area contributed by atoms with Gasteiger partial charge in [-0.25, -0.2) is 0 Å². The van der Waals surface area contributed by atoms with Gasteiger partial charge in [0.05, 0.1) is 7.11 Å². The largest absolute Gasteiger partial charge is 0.497 e. The van der Waals surface area contributed by atoms with Crippen LogP contribution in [0.2, 0.25) is 0 Å². The molecular formula is C11H12OS2. The highest BCUT2D eigenvalue weighted by atomic mass is 32.1. The monoisotopic (exact) mass is 224 g/mol. The van der Waals surface area contributed by atoms with Gasteiger partial charge in [0.15, 0.2) is 0 Å². The third-order valence-electron chi connectivity index (χ3n) is 2.21. The first-order valence-corrected chi connectivity index (χ1v) is 5.80. The van der Waals surface area contributed by atoms with Crippen LogP contribution in [0.15, 0.2) is 23.1 Å². The minimum Gasteiger partial charge on any atom is -0.497 e. The number of benzene rings is 1. The van der Waals surface area contributed by atoms with Crippen molar-refractivity contribution in [3.05, 3.63) is 23.1 Å². The Kier molecular flexibility index (Phi) is 2.70. The lowest BCUT2D eigenvalue weighted by atomic mass is 10.2. The van der Waals surface area contributed by atoms with Crippen molar-refractivity contribution in [1.82, 2.24) is 0 Å². The fraction of sp³-hybridized carbons (Fsp3) is 0.273. The topological polar surface area (TPSA) is 9.23 Å². The standard InChI is InChI=1S/C11H12OS2/c1-3-9-5-7-4-8(12-2)6-10(13)11(7)14-9/h4-6,13H,3H2,1-2H3. The van der Waals surface area contributed by atoms with Crippen molar-refractivity contribution in [3.8, 4) is 5.75 Å². The maximum Gasteiger partial charge on any atom is 0.120 e. The van der Waals surface area contributed by atoms with Gasteiger partial charge < -0.3 is 4.74 Å². The molecule has 74 valence electrons. The molecule has 0 saturated carbocycles. The second-order valence-electron chi connectivity index (χ2n) is 3.13. The molecular weight excluding hydrogens is 212 g/mol. The van der Waals surface area contributed by atoms with Crippen LogP contribution in [-0.2, 0) is 6.42 Å². The molecule has 0 unspecified atom stereocenters. The number of fused-ring (bicyclic) bond motifs is 1. The predicted octanol–water partition coefficient (Wildman–Crippen LogP) is 3.76. The Bertz CT molecular complexity index is 460. The molecule has 0 radical (unpaired) electrons. The lowest BCUT2D eigenvalue weighted by molar-refractivity contribution is 0.414. The zero-order valence-corrected chi connectivity index (χ0v) is 9.91. The quantitative estimate of drug-likeness (QED) is 0.764. The van der Waals surface area contributed by atoms with E-state index in [0.717, 1.165) is 17.1 Å². The number of hydrogen-bond donors (Lipinski definition) is 1. The molecule has 2 rings (SSSR count). The van der Waals surface area contributed by atoms with Gasteiger partial charge in [0, 0.05) is 14.5 Å². The predicted molar refractivity (Wildman–Crippen MR) is 65.0 cm³/mol. The molecule has 3 heteroatoms. The second kappa shape index (κ2) is 3.83. The van der Waals surface area contributed by atoms with Crippen LogP contribution >= 0.6 is 24.0 Å². The molecule has 0 bridgehead atoms. The Morgan fingerprint density at radius 3 is 2.79 bits per heavy atom. The van der Waals surface area contributed by atoms with E-state index in [0.29, 0.717) is 0 Å². The van der Waals surface area contributed by atoms with Crippen molar-refractivity contribution in [3.63, 3.8) is 0 Å². The average molecular weight is 224 g/mol. The summed E-state index contributed by atoms with van der Waals surface area (Å²) < 4.78 is 6.46. The highest BCUT2D eigenvalue weighted by Crippen LogP contribution is 2.34. The number of thiol groups is 1. The normalized spacial score (nSPS) is 10.8. The van der Waals surface area contributed by atoms with Crippen molar-refractivity contribution >= 4 is 34.1 Å². The van der Waals surface area contributed by atoms with Crippen LogP contribution in [0.3, 0.4) is 0 Å². The zero-order chi connectivity index (χ0) is 10.1. The van der Waals surface area contributed by atoms with Gasteiger partial charge >= 0.3 is 0 Å². The molecule has 1 heterocycles. The summed E-state index contributed by atoms with van der Waals surface area (Å²) in [6, 6.07) is 6.23. The number of hydrogen-bond acceptors (Lipinski definition) is 3. The molecule has 1 aromatic heterocycles. The van der Waals surface area contributed by atoms with Crippen LogP contribution in [0.1, 0.15) is 11.8 Å². The van der Waals surface area contributed by atoms with E-state index in [-0.39, 0.29) is 0 Å². The van der Waals surface area contributed by atoms with Crippen LogP contribution in [-0.4, -0.2) is 7.11 Å². The SMILES string of the molecule is CCc1cc2cc(OC)cc(S)c2s1. The smallest absolute Gasteiger partial charge is 0.120 e. The Morgan fingerprint density at radius 2 is 2.14 bits per heavy atom. The molecule has 0 aliphatic heterocycles. The van der Waals surface area contributed by atoms with Gasteiger partial charge in [0.1, 0.15) is 5.75 Å². The molecule has 1 nitrogen and oxygen atoms in total. The van der Waals surface area contributed by atoms with E-state index in [2.05, 4.69) is 31.7 Å². The third-order valence-corrected chi connectivity index (χ3v) is 4.04. The van der Waals surface area contributed by atoms with Crippen LogP contribution in [0, 0.1) is 0 Å². The molecule has 2 aromatic rings. The maximum atomic E-state index is 5.20. The summed E-state index contributed by atoms with van der Waals surface area (Å²) >= 11 is 6.27. The molecule has 0 N–H and O–H groups in total. The molecule has 0 atom stereocenters. The first-order valence-electron chi connectivity index (χ1n) is 4.54. The van der Waals surface area contributed by atoms with Gasteiger partial charge in [-0.05, 0) is 30.0 Å². The average Bonchev–Trinajstić information content (AvgIpc) is 2.61. The summed E-state index contributed by atoms with van der Waals surface area (Å²) in [5.74, 6) is 0.878. The van der Waals surface area contributed by atoms with E-state index < -0.39 is 0 Å². The summed E-state index contributed by atoms with van der Waals surface area (Å²) in [7, 11) is 1.68. The lowest BCUT2D eigenvalue weighted by Crippen LogP contribution is -1.81. The van der Waals surface area contributed by atoms with Gasteiger partial charge in [0.25, 0.3) is 0 Å². The highest BCUT2D eigenvalue weighted by molar-refractivity contribution is 7.80. The van der Waals surface area contributed by atoms with Gasteiger partial charge in [0.2, 0.25) is 0 Å². The lowest BCUT2D eigenvalue weighted by Gasteiger charge is -2.01. The molecule has 0 fully saturated rings. The Labute approximate surface area is 93.1 Å². The Morgan fingerprint density at radius 1 is 1.36 bits per heavy atom. The number of aryl methyl sites for hydroxylation is 1. The summed E-state index contributed by atoms with van der Waals surface area (Å²) in [4.78, 5) is 2.40. The minimum absolute atomic E-state index is 0.878. The molecule has 14 heavy (non-hydrogen) atoms. The van der Waals surface area contributed by atoms with Gasteiger partial charge in [-0.1, -0.05) is 6.92 Å². The van der Waals surface area contributed by atoms with Gasteiger partial charge in [-0.3, -0.25) is 0 Å². The van der Waals surface area contributed by atoms with E-state index in [9.17, 15) is 0 Å². The number of ether oxygens (including phenoxy) is 1. The van der Waals surface area contributed by atoms with E-state index in [1.165, 1.54) is 15.0 Å². The first kappa shape index (κ1) is 9.87. The zero-order valence-electron chi connectivity index (χ0n) is 8.20. The van der Waals surface area contributed by atoms with Crippen LogP contribution < -0.4 is 4.74 Å². The number of thiophene rings is 1. The van der Waals surface area contributed by atoms with Crippen molar-refractivity contribution in [1.29, 1.82) is 0 Å². The highest BCUT2D eigenvalue weighted by Gasteiger charge is 2.05. The van der Waals surface area contributed by atoms with E-state index in [4.69, 9.17) is 4.74 Å². The van der Waals surface area contributed by atoms with Crippen LogP contribution in [0.5, 0.6) is 5.75 Å². The molecule has 0 aliphatic carbocycles. The molecule has 0 spiro atoms. The molecule has 0 amide bonds. The summed E-state index contributed by atoms with van der Waals surface area (Å²) in [5, 5.41) is 1.23. The molecule has 0 saturated heterocycles. The number of methoxy groups -OCH3 is 1. The van der Waals surface area contributed by atoms with Crippen LogP contribution in [0.25, 0.3) is 10.1 Å². The molecule has 1 aromatic carbocycles. The van der Waals surface area contributed by atoms with Crippen molar-refractivity contribution in [2.75, 3.05) is 7.11 Å². The van der Waals surface area contributed by atoms with Crippen LogP contribution in [0.4, 0.5) is 0 Å². The summed E-state index contributed by atoms with van der Waals surface area (Å²) in [6.45, 7) is 2.17. The number of rotatable bonds is 2.